The molecule has 1 amide bonds. The Bertz CT molecular complexity index is 1080. The molecule has 5 rings (SSSR count). The van der Waals surface area contributed by atoms with Crippen molar-refractivity contribution < 1.29 is 9.18 Å². The number of likely N-dealkylation sites (tertiary alicyclic amines) is 1. The van der Waals surface area contributed by atoms with Crippen LogP contribution in [0.25, 0.3) is 0 Å². The molecule has 0 aliphatic carbocycles. The molecular formula is C25H27FN4OS. The number of halogens is 1. The number of H-pyrrole nitrogens is 1. The fourth-order valence-electron chi connectivity index (χ4n) is 4.68. The molecule has 1 unspecified atom stereocenters. The molecule has 7 heteroatoms. The number of aromatic amines is 1. The Morgan fingerprint density at radius 2 is 1.84 bits per heavy atom. The van der Waals surface area contributed by atoms with Crippen LogP contribution in [0.1, 0.15) is 46.5 Å². The Balaban J connectivity index is 1.31. The number of nitrogens with zero attached hydrogens (tertiary/aromatic N) is 2. The van der Waals surface area contributed by atoms with Crippen molar-refractivity contribution in [3.05, 3.63) is 82.9 Å². The van der Waals surface area contributed by atoms with Gasteiger partial charge in [-0.25, -0.2) is 4.39 Å². The number of rotatable bonds is 5. The first kappa shape index (κ1) is 21.2. The lowest BCUT2D eigenvalue weighted by atomic mass is 9.89. The van der Waals surface area contributed by atoms with Gasteiger partial charge in [0, 0.05) is 54.7 Å². The van der Waals surface area contributed by atoms with E-state index in [1.165, 1.54) is 34.8 Å². The molecule has 3 aromatic rings. The number of aromatic nitrogens is 2. The van der Waals surface area contributed by atoms with Gasteiger partial charge in [0.1, 0.15) is 11.1 Å². The van der Waals surface area contributed by atoms with E-state index in [1.807, 2.05) is 41.3 Å². The predicted octanol–water partition coefficient (Wildman–Crippen LogP) is 4.43. The molecule has 1 fully saturated rings. The first-order chi connectivity index (χ1) is 15.7. The molecule has 0 bridgehead atoms. The van der Waals surface area contributed by atoms with Crippen LogP contribution in [0.5, 0.6) is 0 Å². The van der Waals surface area contributed by atoms with E-state index in [0.717, 1.165) is 37.9 Å². The van der Waals surface area contributed by atoms with Gasteiger partial charge >= 0.3 is 0 Å². The Labute approximate surface area is 191 Å². The van der Waals surface area contributed by atoms with Gasteiger partial charge in [-0.2, -0.15) is 5.10 Å². The molecule has 1 atom stereocenters. The van der Waals surface area contributed by atoms with Gasteiger partial charge in [0.25, 0.3) is 0 Å². The van der Waals surface area contributed by atoms with Crippen molar-refractivity contribution in [1.29, 1.82) is 0 Å². The van der Waals surface area contributed by atoms with Crippen molar-refractivity contribution in [2.75, 3.05) is 19.6 Å². The third-order valence-corrected chi connectivity index (χ3v) is 7.73. The molecule has 2 aliphatic rings. The summed E-state index contributed by atoms with van der Waals surface area (Å²) in [6, 6.07) is 16.4. The summed E-state index contributed by atoms with van der Waals surface area (Å²) in [5.41, 5.74) is 4.64. The normalized spacial score (nSPS) is 17.7. The summed E-state index contributed by atoms with van der Waals surface area (Å²) in [5, 5.41) is 10.8. The van der Waals surface area contributed by atoms with Crippen LogP contribution in [0.4, 0.5) is 4.39 Å². The number of carbonyl (C=O) groups excluding carboxylic acids is 1. The Kier molecular flexibility index (Phi) is 6.28. The van der Waals surface area contributed by atoms with Crippen molar-refractivity contribution in [3.8, 4) is 0 Å². The molecule has 2 aromatic carbocycles. The molecule has 2 N–H and O–H groups in total. The van der Waals surface area contributed by atoms with Crippen LogP contribution in [0.2, 0.25) is 0 Å². The monoisotopic (exact) mass is 450 g/mol. The van der Waals surface area contributed by atoms with Crippen molar-refractivity contribution >= 4 is 17.7 Å². The first-order valence-electron chi connectivity index (χ1n) is 11.2. The number of hydrogen-bond acceptors (Lipinski definition) is 4. The molecule has 3 heterocycles. The summed E-state index contributed by atoms with van der Waals surface area (Å²) in [4.78, 5) is 16.0. The summed E-state index contributed by atoms with van der Waals surface area (Å²) in [6.07, 6.45) is 2.79. The zero-order valence-electron chi connectivity index (χ0n) is 17.9. The van der Waals surface area contributed by atoms with Crippen molar-refractivity contribution in [3.63, 3.8) is 0 Å². The summed E-state index contributed by atoms with van der Waals surface area (Å²) < 4.78 is 14.4. The van der Waals surface area contributed by atoms with E-state index in [1.54, 1.807) is 12.1 Å². The summed E-state index contributed by atoms with van der Waals surface area (Å²) in [6.45, 7) is 3.25. The SMILES string of the molecule is O=C(C(Sc1ccccc1F)c1ccccc1)N1CCC(c2n[nH]c3c2CNCC3)CC1. The highest BCUT2D eigenvalue weighted by atomic mass is 32.2. The van der Waals surface area contributed by atoms with E-state index in [-0.39, 0.29) is 11.7 Å². The van der Waals surface area contributed by atoms with Crippen molar-refractivity contribution in [2.24, 2.45) is 0 Å². The second-order valence-electron chi connectivity index (χ2n) is 8.43. The van der Waals surface area contributed by atoms with Gasteiger partial charge in [0.15, 0.2) is 0 Å². The Hall–Kier alpha value is -2.64. The van der Waals surface area contributed by atoms with Gasteiger partial charge in [0.05, 0.1) is 5.69 Å². The average molecular weight is 451 g/mol. The minimum atomic E-state index is -0.466. The Morgan fingerprint density at radius 3 is 2.62 bits per heavy atom. The second kappa shape index (κ2) is 9.46. The van der Waals surface area contributed by atoms with Crippen LogP contribution in [0.3, 0.4) is 0 Å². The lowest BCUT2D eigenvalue weighted by molar-refractivity contribution is -0.131. The molecule has 1 aromatic heterocycles. The zero-order chi connectivity index (χ0) is 21.9. The predicted molar refractivity (Wildman–Crippen MR) is 124 cm³/mol. The maximum Gasteiger partial charge on any atom is 0.240 e. The van der Waals surface area contributed by atoms with Crippen LogP contribution in [0.15, 0.2) is 59.5 Å². The number of benzene rings is 2. The second-order valence-corrected chi connectivity index (χ2v) is 9.58. The standard InChI is InChI=1S/C25H27FN4OS/c26-20-8-4-5-9-22(20)32-24(18-6-2-1-3-7-18)25(31)30-14-11-17(12-15-30)23-19-16-27-13-10-21(19)28-29-23/h1-9,17,24,27H,10-16H2,(H,28,29). The molecule has 166 valence electrons. The highest BCUT2D eigenvalue weighted by molar-refractivity contribution is 8.00. The number of hydrogen-bond donors (Lipinski definition) is 2. The van der Waals surface area contributed by atoms with Crippen molar-refractivity contribution in [1.82, 2.24) is 20.4 Å². The van der Waals surface area contributed by atoms with Crippen LogP contribution < -0.4 is 5.32 Å². The highest BCUT2D eigenvalue weighted by Gasteiger charge is 2.33. The molecule has 0 spiro atoms. The molecule has 5 nitrogen and oxygen atoms in total. The number of piperidine rings is 1. The lowest BCUT2D eigenvalue weighted by Crippen LogP contribution is -2.40. The highest BCUT2D eigenvalue weighted by Crippen LogP contribution is 2.39. The van der Waals surface area contributed by atoms with Gasteiger partial charge in [0.2, 0.25) is 5.91 Å². The third-order valence-electron chi connectivity index (χ3n) is 6.44. The molecular weight excluding hydrogens is 423 g/mol. The molecule has 0 radical (unpaired) electrons. The van der Waals surface area contributed by atoms with Crippen LogP contribution in [-0.2, 0) is 17.8 Å². The lowest BCUT2D eigenvalue weighted by Gasteiger charge is -2.34. The van der Waals surface area contributed by atoms with Gasteiger partial charge < -0.3 is 10.2 Å². The number of carbonyl (C=O) groups is 1. The van der Waals surface area contributed by atoms with Gasteiger partial charge in [-0.1, -0.05) is 42.5 Å². The number of amides is 1. The van der Waals surface area contributed by atoms with Gasteiger partial charge in [-0.3, -0.25) is 9.89 Å². The van der Waals surface area contributed by atoms with Crippen LogP contribution >= 0.6 is 11.8 Å². The van der Waals surface area contributed by atoms with E-state index in [0.29, 0.717) is 23.9 Å². The summed E-state index contributed by atoms with van der Waals surface area (Å²) >= 11 is 1.30. The minimum Gasteiger partial charge on any atom is -0.341 e. The number of thioether (sulfide) groups is 1. The largest absolute Gasteiger partial charge is 0.341 e. The topological polar surface area (TPSA) is 61.0 Å². The van der Waals surface area contributed by atoms with E-state index in [2.05, 4.69) is 15.5 Å². The smallest absolute Gasteiger partial charge is 0.240 e. The maximum atomic E-state index is 14.4. The van der Waals surface area contributed by atoms with E-state index < -0.39 is 5.25 Å². The average Bonchev–Trinajstić information content (AvgIpc) is 3.28. The number of nitrogens with one attached hydrogen (secondary N) is 2. The molecule has 1 saturated heterocycles. The molecule has 2 aliphatic heterocycles. The third kappa shape index (κ3) is 4.32. The fraction of sp³-hybridized carbons (Fsp3) is 0.360. The van der Waals surface area contributed by atoms with E-state index in [9.17, 15) is 9.18 Å². The quantitative estimate of drug-likeness (QED) is 0.565. The van der Waals surface area contributed by atoms with E-state index >= 15 is 0 Å². The first-order valence-corrected chi connectivity index (χ1v) is 12.1. The zero-order valence-corrected chi connectivity index (χ0v) is 18.7. The fourth-order valence-corrected chi connectivity index (χ4v) is 5.82. The van der Waals surface area contributed by atoms with E-state index in [4.69, 9.17) is 0 Å². The minimum absolute atomic E-state index is 0.0497. The number of fused-ring (bicyclic) bond motifs is 1. The summed E-state index contributed by atoms with van der Waals surface area (Å²) in [7, 11) is 0. The maximum absolute atomic E-state index is 14.4. The molecule has 0 saturated carbocycles. The summed E-state index contributed by atoms with van der Waals surface area (Å²) in [5.74, 6) is 0.129. The van der Waals surface area contributed by atoms with Crippen molar-refractivity contribution in [2.45, 2.75) is 41.9 Å². The van der Waals surface area contributed by atoms with Gasteiger partial charge in [-0.05, 0) is 30.5 Å². The van der Waals surface area contributed by atoms with Gasteiger partial charge in [-0.15, -0.1) is 11.8 Å². The van der Waals surface area contributed by atoms with Crippen LogP contribution in [-0.4, -0.2) is 40.6 Å². The molecule has 32 heavy (non-hydrogen) atoms. The Morgan fingerprint density at radius 1 is 1.09 bits per heavy atom. The van der Waals surface area contributed by atoms with Crippen LogP contribution in [0, 0.1) is 5.82 Å².